The first-order valence-corrected chi connectivity index (χ1v) is 48.0. The highest BCUT2D eigenvalue weighted by molar-refractivity contribution is 6.31. The maximum absolute atomic E-state index is 14.7. The van der Waals surface area contributed by atoms with Crippen LogP contribution in [0.1, 0.15) is 51.0 Å². The number of pyridine rings is 12. The molecule has 4 aromatic carbocycles. The summed E-state index contributed by atoms with van der Waals surface area (Å²) in [6.45, 7) is 12.4. The molecule has 0 amide bonds. The van der Waals surface area contributed by atoms with E-state index >= 15 is 0 Å². The SMILES string of the molecule is CN(C)CCCn1cc(-c2cncc(-c3cc(-c4cc(Cl)ccc4F)nc4ncccc34)c2)cn1.CN1CCC(n2cc(-c3cncc(-c4cc(-c5cc(Cl)ccc5F)nc5ncccc45)c3)cn2)CC1.Fc1ccc(F)c(-c2cc(-c3cncc(-c4cnn(CCN5CCCC5)c4)c3)c3cccnc3n2)c1.Fc1ccccc1-c1cc(-c2cncc(-c3cnn(CCN4CCCC4)c3)c2)c2cccnc2n1. The van der Waals surface area contributed by atoms with Gasteiger partial charge in [0.05, 0.1) is 66.7 Å². The first kappa shape index (κ1) is 94.2. The third-order valence-corrected chi connectivity index (χ3v) is 26.3. The van der Waals surface area contributed by atoms with Crippen molar-refractivity contribution < 1.29 is 22.0 Å². The lowest BCUT2D eigenvalue weighted by Crippen LogP contribution is -2.31. The van der Waals surface area contributed by atoms with E-state index in [4.69, 9.17) is 23.2 Å². The second kappa shape index (κ2) is 43.2. The third kappa shape index (κ3) is 21.9. The topological polar surface area (TPSA) is 239 Å². The summed E-state index contributed by atoms with van der Waals surface area (Å²) in [5, 5.41) is 22.6. The molecule has 3 aliphatic rings. The summed E-state index contributed by atoms with van der Waals surface area (Å²) in [5.41, 5.74) is 19.9. The fourth-order valence-electron chi connectivity index (χ4n) is 18.4. The zero-order valence-corrected chi connectivity index (χ0v) is 79.7. The summed E-state index contributed by atoms with van der Waals surface area (Å²) in [5.74, 6) is -2.16. The first-order chi connectivity index (χ1) is 69.4. The van der Waals surface area contributed by atoms with E-state index in [2.05, 4.69) is 156 Å². The molecule has 0 radical (unpaired) electrons. The second-order valence-electron chi connectivity index (χ2n) is 35.9. The Morgan fingerprint density at radius 2 is 0.662 bits per heavy atom. The van der Waals surface area contributed by atoms with Crippen LogP contribution in [-0.4, -0.2) is 199 Å². The van der Waals surface area contributed by atoms with Crippen LogP contribution in [0.25, 0.3) is 178 Å². The normalized spacial score (nSPS) is 13.7. The molecular formula is C111H97Cl2F5N24. The van der Waals surface area contributed by atoms with Crippen LogP contribution in [0.15, 0.2) is 300 Å². The molecule has 19 heterocycles. The molecule has 0 saturated carbocycles. The summed E-state index contributed by atoms with van der Waals surface area (Å²) >= 11 is 12.3. The van der Waals surface area contributed by atoms with Crippen molar-refractivity contribution in [3.63, 3.8) is 0 Å². The molecule has 31 heteroatoms. The van der Waals surface area contributed by atoms with Crippen molar-refractivity contribution in [3.05, 3.63) is 339 Å². The van der Waals surface area contributed by atoms with E-state index in [1.165, 1.54) is 69.1 Å². The van der Waals surface area contributed by atoms with Crippen LogP contribution in [0.4, 0.5) is 22.0 Å². The molecule has 710 valence electrons. The predicted molar refractivity (Wildman–Crippen MR) is 548 cm³/mol. The maximum atomic E-state index is 14.7. The molecule has 0 spiro atoms. The standard InChI is InChI=1S/C28H24ClFN6.C28H24F2N6.C28H25FN6.C27H24ClFN6/c1-35-9-6-22(7-10-35)36-17-20(16-33-36)18-11-19(15-31-14-18)24-13-27(25-12-21(29)4-5-26(25)30)34-28-23(24)3-2-8-32-28;29-22-5-6-26(30)25(13-22)27-14-24(23-4-3-7-32-28(23)34-27)20-12-19(15-31-16-20)21-17-33-36(18-21)11-10-35-8-1-2-9-35;29-26-8-2-1-6-24(26)27-15-25(23-7-5-9-31-28(23)33-27)21-14-20(16-30-17-21)22-18-32-35(19-22)13-12-34-10-3-4-11-34;1-34(2)9-4-10-35-17-20(16-32-35)18-11-19(15-30-14-18)23-13-26(24-12-21(28)6-7-25(24)29)33-27-22(23)5-3-8-31-27/h2-5,8,11-17,22H,6-7,9-10H2,1H3;3-7,12-18H,1-2,8-11H2;1-2,5-9,14-19H,3-4,10-13H2;3,5-8,11-17H,4,9-10H2,1-2H3. The van der Waals surface area contributed by atoms with Gasteiger partial charge in [-0.1, -0.05) is 35.3 Å². The molecule has 3 aliphatic heterocycles. The smallest absolute Gasteiger partial charge is 0.160 e. The van der Waals surface area contributed by atoms with E-state index in [0.29, 0.717) is 78.1 Å². The van der Waals surface area contributed by atoms with Gasteiger partial charge in [-0.15, -0.1) is 0 Å². The molecule has 0 unspecified atom stereocenters. The zero-order valence-electron chi connectivity index (χ0n) is 78.2. The number of likely N-dealkylation sites (tertiary alicyclic amines) is 3. The molecule has 0 aliphatic carbocycles. The van der Waals surface area contributed by atoms with E-state index in [0.717, 1.165) is 213 Å². The van der Waals surface area contributed by atoms with Crippen molar-refractivity contribution in [2.24, 2.45) is 0 Å². The van der Waals surface area contributed by atoms with Crippen LogP contribution in [0, 0.1) is 29.1 Å². The average Bonchev–Trinajstić information content (AvgIpc) is 0.920. The number of hydrogen-bond acceptors (Lipinski definition) is 20. The highest BCUT2D eigenvalue weighted by atomic mass is 35.5. The van der Waals surface area contributed by atoms with Crippen molar-refractivity contribution in [2.45, 2.75) is 70.6 Å². The van der Waals surface area contributed by atoms with Gasteiger partial charge in [-0.25, -0.2) is 61.8 Å². The van der Waals surface area contributed by atoms with E-state index in [1.807, 2.05) is 161 Å². The molecular weight excluding hydrogens is 1840 g/mol. The Morgan fingerprint density at radius 1 is 0.317 bits per heavy atom. The Balaban J connectivity index is 0.000000116. The van der Waals surface area contributed by atoms with E-state index in [1.54, 1.807) is 73.7 Å². The van der Waals surface area contributed by atoms with Gasteiger partial charge in [0.25, 0.3) is 0 Å². The van der Waals surface area contributed by atoms with E-state index in [9.17, 15) is 22.0 Å². The van der Waals surface area contributed by atoms with Gasteiger partial charge in [0, 0.05) is 239 Å². The maximum Gasteiger partial charge on any atom is 0.160 e. The van der Waals surface area contributed by atoms with Gasteiger partial charge in [0.15, 0.2) is 22.6 Å². The van der Waals surface area contributed by atoms with Crippen molar-refractivity contribution in [2.75, 3.05) is 80.0 Å². The van der Waals surface area contributed by atoms with Crippen LogP contribution < -0.4 is 0 Å². The molecule has 142 heavy (non-hydrogen) atoms. The highest BCUT2D eigenvalue weighted by Gasteiger charge is 2.25. The molecule has 0 N–H and O–H groups in total. The Morgan fingerprint density at radius 3 is 1.06 bits per heavy atom. The van der Waals surface area contributed by atoms with Crippen molar-refractivity contribution in [1.29, 1.82) is 0 Å². The first-order valence-electron chi connectivity index (χ1n) is 47.3. The number of piperidine rings is 1. The minimum Gasteiger partial charge on any atom is -0.309 e. The summed E-state index contributed by atoms with van der Waals surface area (Å²) in [7, 11) is 6.29. The van der Waals surface area contributed by atoms with Gasteiger partial charge in [-0.3, -0.25) is 38.7 Å². The number of fused-ring (bicyclic) bond motifs is 4. The monoisotopic (exact) mass is 1930 g/mol. The lowest BCUT2D eigenvalue weighted by atomic mass is 9.99. The summed E-state index contributed by atoms with van der Waals surface area (Å²) in [6.07, 6.45) is 45.3. The number of hydrogen-bond donors (Lipinski definition) is 0. The van der Waals surface area contributed by atoms with Crippen LogP contribution >= 0.6 is 23.2 Å². The summed E-state index contributed by atoms with van der Waals surface area (Å²) in [6, 6.07) is 50.3. The molecule has 24 nitrogen and oxygen atoms in total. The number of aromatic nitrogens is 20. The number of halogens is 7. The second-order valence-corrected chi connectivity index (χ2v) is 36.8. The molecule has 0 atom stereocenters. The molecule has 23 rings (SSSR count). The lowest BCUT2D eigenvalue weighted by molar-refractivity contribution is 0.212. The zero-order chi connectivity index (χ0) is 97.1. The van der Waals surface area contributed by atoms with Crippen molar-refractivity contribution >= 4 is 67.3 Å². The molecule has 20 aromatic rings. The Labute approximate surface area is 826 Å². The van der Waals surface area contributed by atoms with Gasteiger partial charge in [-0.05, 0) is 298 Å². The summed E-state index contributed by atoms with van der Waals surface area (Å²) in [4.78, 5) is 63.6. The molecule has 16 aromatic heterocycles. The molecule has 3 fully saturated rings. The van der Waals surface area contributed by atoms with Gasteiger partial charge >= 0.3 is 0 Å². The predicted octanol–water partition coefficient (Wildman–Crippen LogP) is 23.3. The van der Waals surface area contributed by atoms with Crippen LogP contribution in [-0.2, 0) is 19.6 Å². The fraction of sp³-hybridized carbons (Fsp3) is 0.207. The number of aryl methyl sites for hydroxylation is 1. The van der Waals surface area contributed by atoms with Gasteiger partial charge in [0.1, 0.15) is 29.1 Å². The number of nitrogens with zero attached hydrogens (tertiary/aromatic N) is 24. The third-order valence-electron chi connectivity index (χ3n) is 25.9. The minimum absolute atomic E-state index is 0.0900. The van der Waals surface area contributed by atoms with Crippen molar-refractivity contribution in [1.82, 2.24) is 119 Å². The lowest BCUT2D eigenvalue weighted by Gasteiger charge is -2.28. The Bertz CT molecular complexity index is 7920. The fourth-order valence-corrected chi connectivity index (χ4v) is 18.7. The largest absolute Gasteiger partial charge is 0.309 e. The number of rotatable bonds is 23. The number of benzene rings is 4. The van der Waals surface area contributed by atoms with Crippen LogP contribution in [0.2, 0.25) is 10.0 Å². The van der Waals surface area contributed by atoms with Crippen LogP contribution in [0.3, 0.4) is 0 Å². The van der Waals surface area contributed by atoms with Gasteiger partial charge < -0.3 is 19.6 Å². The minimum atomic E-state index is -0.543. The van der Waals surface area contributed by atoms with E-state index in [-0.39, 0.29) is 17.2 Å². The average molecular weight is 1930 g/mol. The molecule has 0 bridgehead atoms. The highest BCUT2D eigenvalue weighted by Crippen LogP contribution is 2.42. The van der Waals surface area contributed by atoms with E-state index < -0.39 is 17.5 Å². The van der Waals surface area contributed by atoms with Crippen LogP contribution in [0.5, 0.6) is 0 Å². The van der Waals surface area contributed by atoms with Gasteiger partial charge in [0.2, 0.25) is 0 Å². The van der Waals surface area contributed by atoms with Gasteiger partial charge in [-0.2, -0.15) is 20.4 Å². The summed E-state index contributed by atoms with van der Waals surface area (Å²) < 4.78 is 80.5. The molecule has 3 saturated heterocycles. The Hall–Kier alpha value is -15.4. The quantitative estimate of drug-likeness (QED) is 0.0541. The van der Waals surface area contributed by atoms with Crippen molar-refractivity contribution in [3.8, 4) is 134 Å². The Kier molecular flexibility index (Phi) is 28.6.